The predicted molar refractivity (Wildman–Crippen MR) is 277 cm³/mol. The van der Waals surface area contributed by atoms with Crippen LogP contribution in [-0.2, 0) is 58.5 Å². The second-order valence-corrected chi connectivity index (χ2v) is 20.1. The van der Waals surface area contributed by atoms with Gasteiger partial charge in [0.1, 0.15) is 17.1 Å². The molecule has 0 saturated carbocycles. The summed E-state index contributed by atoms with van der Waals surface area (Å²) in [6.45, 7) is 18.2. The first-order chi connectivity index (χ1) is 28.6. The van der Waals surface area contributed by atoms with E-state index in [1.165, 1.54) is 43.2 Å². The molecule has 10 heteroatoms. The third-order valence-corrected chi connectivity index (χ3v) is 14.8. The summed E-state index contributed by atoms with van der Waals surface area (Å²) in [7, 11) is 0. The summed E-state index contributed by atoms with van der Waals surface area (Å²) >= 11 is 34.2. The molecule has 0 radical (unpaired) electrons. The normalized spacial score (nSPS) is 12.4. The molecule has 4 aromatic carbocycles. The van der Waals surface area contributed by atoms with Crippen molar-refractivity contribution in [3.63, 3.8) is 0 Å². The van der Waals surface area contributed by atoms with Crippen LogP contribution in [0.2, 0.25) is 10.0 Å². The van der Waals surface area contributed by atoms with Gasteiger partial charge in [-0.3, -0.25) is 0 Å². The van der Waals surface area contributed by atoms with Crippen LogP contribution in [0.15, 0.2) is 105 Å². The molecule has 4 rings (SSSR count). The first kappa shape index (κ1) is 55.8. The molecule has 0 spiro atoms. The minimum atomic E-state index is -0.247. The summed E-state index contributed by atoms with van der Waals surface area (Å²) in [5, 5.41) is 1.31. The Morgan fingerprint density at radius 1 is 0.656 bits per heavy atom. The van der Waals surface area contributed by atoms with E-state index in [0.717, 1.165) is 97.0 Å². The molecule has 2 nitrogen and oxygen atoms in total. The summed E-state index contributed by atoms with van der Waals surface area (Å²) < 4.78 is 12.7. The van der Waals surface area contributed by atoms with Crippen molar-refractivity contribution in [3.8, 4) is 11.5 Å². The minimum absolute atomic E-state index is 0. The van der Waals surface area contributed by atoms with E-state index < -0.39 is 0 Å². The van der Waals surface area contributed by atoms with Crippen molar-refractivity contribution in [1.29, 1.82) is 0 Å². The van der Waals surface area contributed by atoms with Crippen LogP contribution >= 0.6 is 60.2 Å². The molecule has 0 bridgehead atoms. The number of unbranched alkanes of at least 4 members (excludes halogenated alkanes) is 1. The average molecular weight is 1050 g/mol. The smallest absolute Gasteiger partial charge is 0.783 e. The fraction of sp³-hybridized carbons (Fsp3) is 0.451. The van der Waals surface area contributed by atoms with Gasteiger partial charge in [-0.1, -0.05) is 151 Å². The molecule has 0 heterocycles. The monoisotopic (exact) mass is 1050 g/mol. The van der Waals surface area contributed by atoms with Crippen LogP contribution in [-0.4, -0.2) is 12.2 Å². The molecule has 0 N–H and O–H groups in total. The molecule has 0 aliphatic carbocycles. The maximum atomic E-state index is 6.45. The molecule has 0 atom stereocenters. The molecule has 61 heavy (non-hydrogen) atoms. The fourth-order valence-electron chi connectivity index (χ4n) is 6.42. The number of aryl methyl sites for hydroxylation is 2. The number of benzene rings is 4. The van der Waals surface area contributed by atoms with Crippen LogP contribution in [0.5, 0.6) is 11.5 Å². The molecule has 0 unspecified atom stereocenters. The zero-order valence-electron chi connectivity index (χ0n) is 37.3. The third kappa shape index (κ3) is 19.4. The van der Waals surface area contributed by atoms with E-state index in [2.05, 4.69) is 129 Å². The van der Waals surface area contributed by atoms with Crippen LogP contribution in [0.3, 0.4) is 0 Å². The van der Waals surface area contributed by atoms with E-state index in [9.17, 15) is 0 Å². The van der Waals surface area contributed by atoms with Gasteiger partial charge in [-0.25, -0.2) is 0 Å². The zero-order chi connectivity index (χ0) is 44.3. The zero-order valence-corrected chi connectivity index (χ0v) is 44.6. The van der Waals surface area contributed by atoms with Crippen LogP contribution in [0.4, 0.5) is 0 Å². The van der Waals surface area contributed by atoms with Gasteiger partial charge in [0, 0.05) is 10.0 Å². The maximum absolute atomic E-state index is 6.45. The van der Waals surface area contributed by atoms with Crippen molar-refractivity contribution in [2.45, 2.75) is 148 Å². The van der Waals surface area contributed by atoms with Gasteiger partial charge >= 0.3 is 20.4 Å². The Balaban J connectivity index is 0.000000476. The minimum Gasteiger partial charge on any atom is -0.783 e. The van der Waals surface area contributed by atoms with E-state index in [0.29, 0.717) is 22.1 Å². The molecule has 0 fully saturated rings. The number of hydrogen-bond donors (Lipinski definition) is 2. The van der Waals surface area contributed by atoms with Crippen LogP contribution in [0, 0.1) is 5.41 Å². The Morgan fingerprint density at radius 3 is 1.69 bits per heavy atom. The molecule has 0 aromatic heterocycles. The van der Waals surface area contributed by atoms with Crippen LogP contribution in [0.25, 0.3) is 9.81 Å². The van der Waals surface area contributed by atoms with Crippen molar-refractivity contribution >= 4 is 95.3 Å². The van der Waals surface area contributed by atoms with E-state index in [4.69, 9.17) is 57.9 Å². The summed E-state index contributed by atoms with van der Waals surface area (Å²) in [5.74, 6) is 1.59. The SMILES string of the molecule is CC/C(S)=C(/[S-])c1ccc(CCCOc2ccc(Cl)cc2Sc2cc(Cl)ccc2OC(C)(CC)CC)cc1.CCCCC(C)(C)CCCc1ccc(/C(S)=C(/[S-])CC)cc1.[Pd+2]. The van der Waals surface area contributed by atoms with Crippen molar-refractivity contribution in [3.05, 3.63) is 127 Å². The number of ether oxygens (including phenoxy) is 2. The van der Waals surface area contributed by atoms with Gasteiger partial charge in [0.05, 0.1) is 16.4 Å². The average Bonchev–Trinajstić information content (AvgIpc) is 3.25. The van der Waals surface area contributed by atoms with Crippen LogP contribution in [0.1, 0.15) is 142 Å². The number of rotatable bonds is 22. The summed E-state index contributed by atoms with van der Waals surface area (Å²) in [6, 6.07) is 28.6. The van der Waals surface area contributed by atoms with Gasteiger partial charge < -0.3 is 34.7 Å². The van der Waals surface area contributed by atoms with Crippen LogP contribution < -0.4 is 9.47 Å². The molecular formula is C51H66Cl2O2PdS5. The van der Waals surface area contributed by atoms with Crippen molar-refractivity contribution < 1.29 is 29.9 Å². The van der Waals surface area contributed by atoms with E-state index in [-0.39, 0.29) is 26.0 Å². The number of allylic oxidation sites excluding steroid dienone is 2. The molecule has 0 saturated heterocycles. The predicted octanol–water partition coefficient (Wildman–Crippen LogP) is 17.4. The largest absolute Gasteiger partial charge is 2.00 e. The Kier molecular flexibility index (Phi) is 26.1. The van der Waals surface area contributed by atoms with E-state index in [1.807, 2.05) is 36.4 Å². The van der Waals surface area contributed by atoms with Crippen molar-refractivity contribution in [2.24, 2.45) is 5.41 Å². The Morgan fingerprint density at radius 2 is 1.16 bits per heavy atom. The number of hydrogen-bond acceptors (Lipinski definition) is 7. The van der Waals surface area contributed by atoms with Gasteiger partial charge in [0.2, 0.25) is 0 Å². The van der Waals surface area contributed by atoms with Gasteiger partial charge in [0.15, 0.2) is 0 Å². The standard InChI is InChI=1S/C31H36Cl2O2S3.C20H32S2.Pd/c1-5-27(36)30(37)22-12-10-21(11-13-22)9-8-18-34-25-16-14-23(32)19-28(25)38-29-20-24(33)15-17-26(29)35-31(4,6-2)7-3;1-5-7-14-20(3,4)15-8-9-16-10-12-17(13-11-16)19(22)18(21)6-2;/h10-17,19-20,36-37H,5-9,18H2,1-4H3;10-13,21-22H,5-9,14-15H2,1-4H3;/q;;+2/p-2/b30-27-;19-18-;. The third-order valence-electron chi connectivity index (χ3n) is 10.9. The summed E-state index contributed by atoms with van der Waals surface area (Å²) in [6.07, 6.45) is 13.0. The number of thiol groups is 2. The molecule has 0 amide bonds. The maximum Gasteiger partial charge on any atom is 2.00 e. The quantitative estimate of drug-likeness (QED) is 0.0353. The molecule has 0 aliphatic rings. The van der Waals surface area contributed by atoms with Gasteiger partial charge in [0.25, 0.3) is 0 Å². The van der Waals surface area contributed by atoms with Crippen molar-refractivity contribution in [2.75, 3.05) is 6.61 Å². The van der Waals surface area contributed by atoms with Gasteiger partial charge in [-0.2, -0.15) is 9.81 Å². The van der Waals surface area contributed by atoms with Gasteiger partial charge in [-0.15, -0.1) is 25.3 Å². The Bertz CT molecular complexity index is 1980. The summed E-state index contributed by atoms with van der Waals surface area (Å²) in [4.78, 5) is 5.51. The van der Waals surface area contributed by atoms with E-state index in [1.54, 1.807) is 11.8 Å². The second kappa shape index (κ2) is 28.6. The molecular weight excluding hydrogens is 982 g/mol. The molecule has 0 aliphatic heterocycles. The van der Waals surface area contributed by atoms with E-state index >= 15 is 0 Å². The second-order valence-electron chi connectivity index (χ2n) is 16.3. The number of halogens is 2. The summed E-state index contributed by atoms with van der Waals surface area (Å²) in [5.41, 5.74) is 5.08. The first-order valence-corrected chi connectivity index (χ1v) is 24.8. The molecule has 336 valence electrons. The van der Waals surface area contributed by atoms with Gasteiger partial charge in [-0.05, 0) is 139 Å². The Hall–Kier alpha value is -1.31. The topological polar surface area (TPSA) is 18.5 Å². The Labute approximate surface area is 419 Å². The first-order valence-electron chi connectivity index (χ1n) is 21.5. The molecule has 4 aromatic rings. The van der Waals surface area contributed by atoms with Crippen molar-refractivity contribution in [1.82, 2.24) is 0 Å². The fourth-order valence-corrected chi connectivity index (χ4v) is 8.78.